The predicted octanol–water partition coefficient (Wildman–Crippen LogP) is 1.04. The highest BCUT2D eigenvalue weighted by molar-refractivity contribution is 6.59. The summed E-state index contributed by atoms with van der Waals surface area (Å²) in [4.78, 5) is 12.9. The van der Waals surface area contributed by atoms with E-state index < -0.39 is 5.11 Å². The van der Waals surface area contributed by atoms with Crippen LogP contribution in [0.15, 0.2) is 42.9 Å². The molecule has 0 aliphatic heterocycles. The van der Waals surface area contributed by atoms with Gasteiger partial charge in [-0.2, -0.15) is 0 Å². The molecule has 114 valence electrons. The first-order chi connectivity index (χ1) is 11.9. The standard InChI is InChI=1S/C16H11B3N6/c17-16(18,19)8-13-14-10(3-6-25(14)24-15(20)23-13)9-1-2-11-12(7-9)22-5-4-21-11/h1-7H,8H2,(H2,20,24). The Hall–Kier alpha value is -2.83. The quantitative estimate of drug-likeness (QED) is 0.571. The van der Waals surface area contributed by atoms with Crippen LogP contribution >= 0.6 is 0 Å². The number of hydrogen-bond donors (Lipinski definition) is 1. The van der Waals surface area contributed by atoms with E-state index >= 15 is 0 Å². The summed E-state index contributed by atoms with van der Waals surface area (Å²) in [6.07, 6.45) is 5.27. The van der Waals surface area contributed by atoms with E-state index in [2.05, 4.69) is 20.1 Å². The van der Waals surface area contributed by atoms with Crippen molar-refractivity contribution in [3.63, 3.8) is 0 Å². The first-order valence-electron chi connectivity index (χ1n) is 7.62. The first kappa shape index (κ1) is 15.7. The lowest BCUT2D eigenvalue weighted by molar-refractivity contribution is 0.860. The number of nitrogen functional groups attached to an aromatic ring is 1. The molecule has 6 radical (unpaired) electrons. The maximum absolute atomic E-state index is 5.78. The average molecular weight is 320 g/mol. The van der Waals surface area contributed by atoms with E-state index in [9.17, 15) is 0 Å². The third kappa shape index (κ3) is 2.97. The van der Waals surface area contributed by atoms with Crippen molar-refractivity contribution in [2.24, 2.45) is 0 Å². The molecular formula is C16H11B3N6. The van der Waals surface area contributed by atoms with E-state index in [0.29, 0.717) is 5.69 Å². The summed E-state index contributed by atoms with van der Waals surface area (Å²) in [7, 11) is 17.3. The molecule has 4 rings (SSSR count). The smallest absolute Gasteiger partial charge is 0.238 e. The van der Waals surface area contributed by atoms with Gasteiger partial charge in [-0.15, -0.1) is 10.2 Å². The third-order valence-corrected chi connectivity index (χ3v) is 3.85. The van der Waals surface area contributed by atoms with Crippen molar-refractivity contribution in [2.45, 2.75) is 11.5 Å². The van der Waals surface area contributed by atoms with E-state index in [1.54, 1.807) is 23.1 Å². The fourth-order valence-corrected chi connectivity index (χ4v) is 2.89. The largest absolute Gasteiger partial charge is 0.367 e. The lowest BCUT2D eigenvalue weighted by atomic mass is 9.41. The number of aromatic nitrogens is 5. The van der Waals surface area contributed by atoms with Crippen LogP contribution in [0.4, 0.5) is 5.95 Å². The number of benzene rings is 1. The summed E-state index contributed by atoms with van der Waals surface area (Å²) in [6.45, 7) is 0. The van der Waals surface area contributed by atoms with Crippen LogP contribution in [-0.2, 0) is 6.42 Å². The summed E-state index contributed by atoms with van der Waals surface area (Å²) in [6, 6.07) is 7.76. The summed E-state index contributed by atoms with van der Waals surface area (Å²) < 4.78 is 1.65. The highest BCUT2D eigenvalue weighted by Gasteiger charge is 2.18. The van der Waals surface area contributed by atoms with Crippen molar-refractivity contribution in [3.8, 4) is 11.1 Å². The second-order valence-corrected chi connectivity index (χ2v) is 5.99. The predicted molar refractivity (Wildman–Crippen MR) is 99.6 cm³/mol. The number of hydrogen-bond acceptors (Lipinski definition) is 5. The van der Waals surface area contributed by atoms with Crippen molar-refractivity contribution in [1.82, 2.24) is 24.6 Å². The van der Waals surface area contributed by atoms with Crippen LogP contribution in [0.25, 0.3) is 27.7 Å². The molecule has 25 heavy (non-hydrogen) atoms. The molecule has 0 aliphatic carbocycles. The lowest BCUT2D eigenvalue weighted by Gasteiger charge is -2.19. The monoisotopic (exact) mass is 320 g/mol. The second kappa shape index (κ2) is 5.62. The second-order valence-electron chi connectivity index (χ2n) is 5.99. The van der Waals surface area contributed by atoms with Gasteiger partial charge in [-0.1, -0.05) is 6.07 Å². The van der Waals surface area contributed by atoms with Crippen molar-refractivity contribution in [2.75, 3.05) is 5.73 Å². The van der Waals surface area contributed by atoms with Gasteiger partial charge < -0.3 is 5.73 Å². The zero-order chi connectivity index (χ0) is 17.6. The molecule has 6 nitrogen and oxygen atoms in total. The topological polar surface area (TPSA) is 82.0 Å². The molecule has 0 aliphatic rings. The third-order valence-electron chi connectivity index (χ3n) is 3.85. The summed E-state index contributed by atoms with van der Waals surface area (Å²) in [5.74, 6) is 0.123. The zero-order valence-electron chi connectivity index (χ0n) is 13.3. The van der Waals surface area contributed by atoms with Gasteiger partial charge in [0, 0.05) is 24.2 Å². The molecule has 0 atom stereocenters. The van der Waals surface area contributed by atoms with E-state index in [-0.39, 0.29) is 12.4 Å². The Labute approximate surface area is 148 Å². The van der Waals surface area contributed by atoms with Crippen molar-refractivity contribution in [3.05, 3.63) is 48.5 Å². The first-order valence-corrected chi connectivity index (χ1v) is 7.62. The van der Waals surface area contributed by atoms with Gasteiger partial charge in [0.25, 0.3) is 0 Å². The van der Waals surface area contributed by atoms with Gasteiger partial charge in [-0.25, -0.2) is 9.50 Å². The SMILES string of the molecule is [B]C([B])([B])Cc1nc(N)nn2ccc(-c3ccc4nccnc4c3)c12. The minimum Gasteiger partial charge on any atom is -0.367 e. The zero-order valence-corrected chi connectivity index (χ0v) is 13.3. The fraction of sp³-hybridized carbons (Fsp3) is 0.125. The number of anilines is 1. The molecule has 3 aromatic heterocycles. The number of nitrogens with two attached hydrogens (primary N) is 1. The number of nitrogens with zero attached hydrogens (tertiary/aromatic N) is 5. The number of fused-ring (bicyclic) bond motifs is 2. The van der Waals surface area contributed by atoms with Gasteiger partial charge in [0.05, 0.1) is 45.8 Å². The van der Waals surface area contributed by atoms with Gasteiger partial charge in [0.2, 0.25) is 5.95 Å². The van der Waals surface area contributed by atoms with Crippen LogP contribution in [0.1, 0.15) is 5.69 Å². The molecule has 4 aromatic rings. The van der Waals surface area contributed by atoms with Crippen LogP contribution in [0, 0.1) is 0 Å². The average Bonchev–Trinajstić information content (AvgIpc) is 2.97. The summed E-state index contributed by atoms with van der Waals surface area (Å²) >= 11 is 0. The molecule has 9 heteroatoms. The Morgan fingerprint density at radius 3 is 2.56 bits per heavy atom. The van der Waals surface area contributed by atoms with Gasteiger partial charge >= 0.3 is 0 Å². The van der Waals surface area contributed by atoms with Gasteiger partial charge in [0.1, 0.15) is 0 Å². The molecular weight excluding hydrogens is 309 g/mol. The van der Waals surface area contributed by atoms with Crippen LogP contribution in [0.2, 0.25) is 5.11 Å². The molecule has 2 N–H and O–H groups in total. The maximum Gasteiger partial charge on any atom is 0.238 e. The van der Waals surface area contributed by atoms with Gasteiger partial charge in [-0.05, 0) is 30.2 Å². The van der Waals surface area contributed by atoms with Crippen molar-refractivity contribution < 1.29 is 0 Å². The Morgan fingerprint density at radius 1 is 1.04 bits per heavy atom. The van der Waals surface area contributed by atoms with Crippen molar-refractivity contribution >= 4 is 46.0 Å². The lowest BCUT2D eigenvalue weighted by Crippen LogP contribution is -2.18. The van der Waals surface area contributed by atoms with Crippen LogP contribution < -0.4 is 5.73 Å². The van der Waals surface area contributed by atoms with Crippen LogP contribution in [-0.4, -0.2) is 48.1 Å². The molecule has 0 unspecified atom stereocenters. The molecule has 3 heterocycles. The van der Waals surface area contributed by atoms with Crippen LogP contribution in [0.5, 0.6) is 0 Å². The van der Waals surface area contributed by atoms with Gasteiger partial charge in [-0.3, -0.25) is 9.97 Å². The van der Waals surface area contributed by atoms with Crippen molar-refractivity contribution in [1.29, 1.82) is 0 Å². The molecule has 0 saturated carbocycles. The normalized spacial score (nSPS) is 12.0. The highest BCUT2D eigenvalue weighted by atomic mass is 15.3. The van der Waals surface area contributed by atoms with E-state index in [1.807, 2.05) is 24.3 Å². The summed E-state index contributed by atoms with van der Waals surface area (Å²) in [5.41, 5.74) is 10.6. The Balaban J connectivity index is 1.94. The van der Waals surface area contributed by atoms with Gasteiger partial charge in [0.15, 0.2) is 0 Å². The summed E-state index contributed by atoms with van der Waals surface area (Å²) in [5, 5.41) is 2.80. The van der Waals surface area contributed by atoms with Crippen LogP contribution in [0.3, 0.4) is 0 Å². The minimum absolute atomic E-state index is 0.123. The Kier molecular flexibility index (Phi) is 3.52. The minimum atomic E-state index is -1.41. The fourth-order valence-electron chi connectivity index (χ4n) is 2.89. The van der Waals surface area contributed by atoms with E-state index in [1.165, 1.54) is 0 Å². The molecule has 0 saturated heterocycles. The molecule has 1 aromatic carbocycles. The Morgan fingerprint density at radius 2 is 1.80 bits per heavy atom. The molecule has 0 fully saturated rings. The maximum atomic E-state index is 5.78. The molecule has 0 amide bonds. The molecule has 0 bridgehead atoms. The van der Waals surface area contributed by atoms with E-state index in [0.717, 1.165) is 27.7 Å². The molecule has 0 spiro atoms. The highest BCUT2D eigenvalue weighted by Crippen LogP contribution is 2.31. The van der Waals surface area contributed by atoms with E-state index in [4.69, 9.17) is 29.3 Å². The number of rotatable bonds is 3. The Bertz CT molecular complexity index is 1090.